The summed E-state index contributed by atoms with van der Waals surface area (Å²) in [4.78, 5) is 75.9. The fraction of sp³-hybridized carbons (Fsp3) is 0.368. The number of hydrogen-bond donors (Lipinski definition) is 3. The van der Waals surface area contributed by atoms with Gasteiger partial charge in [0.2, 0.25) is 5.91 Å². The number of carbonyl (C=O) groups is 5. The van der Waals surface area contributed by atoms with E-state index in [2.05, 4.69) is 4.99 Å². The number of hydrogen-bond acceptors (Lipinski definition) is 8. The zero-order valence-electron chi connectivity index (χ0n) is 29.2. The smallest absolute Gasteiger partial charge is 0.417 e. The SMILES string of the molecule is CCN(C(=O)OCc1ccccc1)[C@H](Cc1ccccc1)C(=O)N1CCC[C@H]1C(=O)N(C(=O)OCc1ccccc1)[C@@H](CCCN=C(N)N)C(=O)O. The van der Waals surface area contributed by atoms with Crippen LogP contribution in [0, 0.1) is 0 Å². The Balaban J connectivity index is 1.63. The summed E-state index contributed by atoms with van der Waals surface area (Å²) in [6, 6.07) is 23.1. The maximum absolute atomic E-state index is 14.6. The van der Waals surface area contributed by atoms with Crippen molar-refractivity contribution in [3.8, 4) is 0 Å². The van der Waals surface area contributed by atoms with Gasteiger partial charge in [0.15, 0.2) is 5.96 Å². The van der Waals surface area contributed by atoms with Crippen LogP contribution in [0.4, 0.5) is 9.59 Å². The van der Waals surface area contributed by atoms with Crippen molar-refractivity contribution in [1.82, 2.24) is 14.7 Å². The highest BCUT2D eigenvalue weighted by Crippen LogP contribution is 2.26. The Kier molecular flexibility index (Phi) is 14.6. The van der Waals surface area contributed by atoms with Crippen molar-refractivity contribution in [2.24, 2.45) is 16.5 Å². The largest absolute Gasteiger partial charge is 0.480 e. The first-order valence-electron chi connectivity index (χ1n) is 17.2. The normalized spacial score (nSPS) is 14.8. The molecule has 14 nitrogen and oxygen atoms in total. The second-order valence-electron chi connectivity index (χ2n) is 12.3. The number of likely N-dealkylation sites (N-methyl/N-ethyl adjacent to an activating group) is 1. The van der Waals surface area contributed by atoms with E-state index in [1.807, 2.05) is 60.7 Å². The van der Waals surface area contributed by atoms with Gasteiger partial charge in [-0.2, -0.15) is 0 Å². The maximum Gasteiger partial charge on any atom is 0.417 e. The highest BCUT2D eigenvalue weighted by molar-refractivity contribution is 6.01. The van der Waals surface area contributed by atoms with E-state index in [1.54, 1.807) is 37.3 Å². The maximum atomic E-state index is 14.6. The summed E-state index contributed by atoms with van der Waals surface area (Å²) in [6.07, 6.45) is -1.23. The van der Waals surface area contributed by atoms with Crippen molar-refractivity contribution >= 4 is 35.9 Å². The van der Waals surface area contributed by atoms with Gasteiger partial charge in [0.05, 0.1) is 0 Å². The quantitative estimate of drug-likeness (QED) is 0.111. The number of amides is 4. The topological polar surface area (TPSA) is 198 Å². The van der Waals surface area contributed by atoms with E-state index in [-0.39, 0.29) is 64.5 Å². The third-order valence-corrected chi connectivity index (χ3v) is 8.70. The van der Waals surface area contributed by atoms with Crippen molar-refractivity contribution in [3.63, 3.8) is 0 Å². The van der Waals surface area contributed by atoms with Gasteiger partial charge in [0.25, 0.3) is 5.91 Å². The summed E-state index contributed by atoms with van der Waals surface area (Å²) < 4.78 is 11.1. The molecule has 0 unspecified atom stereocenters. The minimum Gasteiger partial charge on any atom is -0.480 e. The van der Waals surface area contributed by atoms with Crippen LogP contribution in [0.1, 0.15) is 49.3 Å². The van der Waals surface area contributed by atoms with Gasteiger partial charge in [0, 0.05) is 26.1 Å². The van der Waals surface area contributed by atoms with Gasteiger partial charge in [-0.1, -0.05) is 91.0 Å². The number of likely N-dealkylation sites (tertiary alicyclic amines) is 1. The van der Waals surface area contributed by atoms with Gasteiger partial charge in [-0.3, -0.25) is 19.5 Å². The summed E-state index contributed by atoms with van der Waals surface area (Å²) in [6.45, 7) is 1.84. The Morgan fingerprint density at radius 1 is 0.827 bits per heavy atom. The molecule has 52 heavy (non-hydrogen) atoms. The van der Waals surface area contributed by atoms with E-state index >= 15 is 0 Å². The number of ether oxygens (including phenoxy) is 2. The Labute approximate surface area is 303 Å². The Morgan fingerprint density at radius 3 is 1.88 bits per heavy atom. The second kappa shape index (κ2) is 19.5. The van der Waals surface area contributed by atoms with Crippen LogP contribution in [0.3, 0.4) is 0 Å². The van der Waals surface area contributed by atoms with Crippen molar-refractivity contribution in [2.45, 2.75) is 70.4 Å². The number of guanidine groups is 1. The summed E-state index contributed by atoms with van der Waals surface area (Å²) in [5, 5.41) is 10.3. The average molecular weight is 715 g/mol. The van der Waals surface area contributed by atoms with Gasteiger partial charge in [0.1, 0.15) is 31.3 Å². The molecule has 0 aromatic heterocycles. The minimum absolute atomic E-state index is 0.00688. The van der Waals surface area contributed by atoms with Crippen LogP contribution in [0.5, 0.6) is 0 Å². The zero-order chi connectivity index (χ0) is 37.5. The van der Waals surface area contributed by atoms with Gasteiger partial charge in [-0.25, -0.2) is 19.3 Å². The third kappa shape index (κ3) is 10.8. The number of aliphatic carboxylic acids is 1. The number of carbonyl (C=O) groups excluding carboxylic acids is 4. The molecule has 3 aromatic carbocycles. The first kappa shape index (κ1) is 38.9. The molecule has 1 aliphatic heterocycles. The van der Waals surface area contributed by atoms with Crippen LogP contribution in [0.2, 0.25) is 0 Å². The molecule has 4 rings (SSSR count). The van der Waals surface area contributed by atoms with Crippen LogP contribution in [0.25, 0.3) is 0 Å². The number of carboxylic acids is 1. The van der Waals surface area contributed by atoms with E-state index in [4.69, 9.17) is 20.9 Å². The molecule has 0 bridgehead atoms. The standard InChI is InChI=1S/C38H46N6O8/c1-2-42(37(49)51-25-28-16-8-4-9-17-28)32(24-27-14-6-3-7-15-27)33(45)43-23-13-21-30(43)34(46)44(31(35(47)48)20-12-22-41-36(39)40)38(50)52-26-29-18-10-5-11-19-29/h3-11,14-19,30-32H,2,12-13,20-26H2,1H3,(H,47,48)(H4,39,40,41)/t30-,31-,32+/m0/s1. The monoisotopic (exact) mass is 714 g/mol. The second-order valence-corrected chi connectivity index (χ2v) is 12.3. The van der Waals surface area contributed by atoms with E-state index in [0.717, 1.165) is 11.1 Å². The van der Waals surface area contributed by atoms with Crippen molar-refractivity contribution in [3.05, 3.63) is 108 Å². The van der Waals surface area contributed by atoms with Crippen molar-refractivity contribution in [2.75, 3.05) is 19.6 Å². The fourth-order valence-corrected chi connectivity index (χ4v) is 6.10. The van der Waals surface area contributed by atoms with Crippen LogP contribution in [-0.2, 0) is 43.5 Å². The highest BCUT2D eigenvalue weighted by atomic mass is 16.6. The number of imide groups is 1. The van der Waals surface area contributed by atoms with Gasteiger partial charge >= 0.3 is 18.2 Å². The third-order valence-electron chi connectivity index (χ3n) is 8.70. The fourth-order valence-electron chi connectivity index (χ4n) is 6.10. The summed E-state index contributed by atoms with van der Waals surface area (Å²) >= 11 is 0. The lowest BCUT2D eigenvalue weighted by molar-refractivity contribution is -0.153. The van der Waals surface area contributed by atoms with Crippen LogP contribution in [-0.4, -0.2) is 93.5 Å². The predicted octanol–water partition coefficient (Wildman–Crippen LogP) is 3.92. The highest BCUT2D eigenvalue weighted by Gasteiger charge is 2.46. The number of nitrogens with two attached hydrogens (primary N) is 2. The lowest BCUT2D eigenvalue weighted by Gasteiger charge is -2.36. The summed E-state index contributed by atoms with van der Waals surface area (Å²) in [5.74, 6) is -3.05. The molecule has 0 aliphatic carbocycles. The predicted molar refractivity (Wildman–Crippen MR) is 192 cm³/mol. The van der Waals surface area contributed by atoms with E-state index < -0.39 is 48.1 Å². The molecule has 0 saturated carbocycles. The first-order chi connectivity index (χ1) is 25.1. The molecule has 276 valence electrons. The van der Waals surface area contributed by atoms with E-state index in [9.17, 15) is 29.1 Å². The number of rotatable bonds is 16. The number of aliphatic imine (C=N–C) groups is 1. The molecule has 1 fully saturated rings. The molecular weight excluding hydrogens is 668 g/mol. The molecular formula is C38H46N6O8. The Hall–Kier alpha value is -5.92. The van der Waals surface area contributed by atoms with E-state index in [1.165, 1.54) is 9.80 Å². The van der Waals surface area contributed by atoms with Crippen molar-refractivity contribution in [1.29, 1.82) is 0 Å². The van der Waals surface area contributed by atoms with Crippen LogP contribution >= 0.6 is 0 Å². The Bertz CT molecular complexity index is 1670. The Morgan fingerprint density at radius 2 is 1.37 bits per heavy atom. The minimum atomic E-state index is -1.64. The summed E-state index contributed by atoms with van der Waals surface area (Å²) in [5.41, 5.74) is 13.0. The molecule has 1 heterocycles. The van der Waals surface area contributed by atoms with Gasteiger partial charge < -0.3 is 30.9 Å². The molecule has 0 radical (unpaired) electrons. The molecule has 3 aromatic rings. The molecule has 14 heteroatoms. The lowest BCUT2D eigenvalue weighted by Crippen LogP contribution is -2.59. The van der Waals surface area contributed by atoms with Crippen LogP contribution < -0.4 is 11.5 Å². The van der Waals surface area contributed by atoms with Gasteiger partial charge in [-0.05, 0) is 49.3 Å². The molecule has 1 saturated heterocycles. The molecule has 4 amide bonds. The molecule has 5 N–H and O–H groups in total. The zero-order valence-corrected chi connectivity index (χ0v) is 29.2. The number of nitrogens with zero attached hydrogens (tertiary/aromatic N) is 4. The molecule has 1 aliphatic rings. The number of carboxylic acid groups (broad SMARTS) is 1. The summed E-state index contributed by atoms with van der Waals surface area (Å²) in [7, 11) is 0. The lowest BCUT2D eigenvalue weighted by atomic mass is 10.0. The first-order valence-corrected chi connectivity index (χ1v) is 17.2. The van der Waals surface area contributed by atoms with E-state index in [0.29, 0.717) is 16.9 Å². The van der Waals surface area contributed by atoms with Crippen LogP contribution in [0.15, 0.2) is 96.0 Å². The molecule has 0 spiro atoms. The molecule has 3 atom stereocenters. The number of benzene rings is 3. The average Bonchev–Trinajstić information content (AvgIpc) is 3.65. The van der Waals surface area contributed by atoms with Crippen molar-refractivity contribution < 1.29 is 38.6 Å². The van der Waals surface area contributed by atoms with Gasteiger partial charge in [-0.15, -0.1) is 0 Å².